The van der Waals surface area contributed by atoms with Crippen molar-refractivity contribution in [3.8, 4) is 0 Å². The second-order valence-electron chi connectivity index (χ2n) is 8.16. The zero-order valence-corrected chi connectivity index (χ0v) is 19.3. The Morgan fingerprint density at radius 2 is 1.81 bits per heavy atom. The van der Waals surface area contributed by atoms with Crippen molar-refractivity contribution in [2.45, 2.75) is 39.9 Å². The molecule has 4 rings (SSSR count). The molecule has 4 aromatic rings. The smallest absolute Gasteiger partial charge is 0.253 e. The Hall–Kier alpha value is -3.38. The lowest BCUT2D eigenvalue weighted by molar-refractivity contribution is 0.347. The van der Waals surface area contributed by atoms with Gasteiger partial charge in [-0.25, -0.2) is 0 Å². The van der Waals surface area contributed by atoms with Gasteiger partial charge in [0, 0.05) is 11.1 Å². The zero-order valence-electron chi connectivity index (χ0n) is 18.5. The Labute approximate surface area is 193 Å². The van der Waals surface area contributed by atoms with Crippen molar-refractivity contribution in [1.29, 1.82) is 0 Å². The van der Waals surface area contributed by atoms with Crippen molar-refractivity contribution < 1.29 is 4.42 Å². The van der Waals surface area contributed by atoms with Crippen LogP contribution in [0.15, 0.2) is 76.1 Å². The summed E-state index contributed by atoms with van der Waals surface area (Å²) in [4.78, 5) is 17.9. The van der Waals surface area contributed by atoms with Crippen LogP contribution in [-0.4, -0.2) is 15.0 Å². The number of nitrogens with zero attached hydrogens (tertiary/aromatic N) is 1. The first kappa shape index (κ1) is 21.8. The van der Waals surface area contributed by atoms with Gasteiger partial charge in [0.05, 0.1) is 25.4 Å². The number of rotatable bonds is 6. The van der Waals surface area contributed by atoms with E-state index in [4.69, 9.17) is 16.6 Å². The summed E-state index contributed by atoms with van der Waals surface area (Å²) in [5.74, 6) is 0.783. The number of fused-ring (bicyclic) bond motifs is 1. The molecule has 2 N–H and O–H groups in total. The SMILES string of the molecule is Cc1cc2cc(CN(Cc3ccco3)C(=S)NC(C)c3ccccc3)c(=O)[nH]c2cc1C. The highest BCUT2D eigenvalue weighted by molar-refractivity contribution is 7.80. The Morgan fingerprint density at radius 3 is 2.53 bits per heavy atom. The molecule has 0 saturated heterocycles. The number of pyridine rings is 1. The van der Waals surface area contributed by atoms with Gasteiger partial charge in [0.15, 0.2) is 5.11 Å². The van der Waals surface area contributed by atoms with Crippen LogP contribution in [0.5, 0.6) is 0 Å². The van der Waals surface area contributed by atoms with E-state index in [0.717, 1.165) is 27.8 Å². The highest BCUT2D eigenvalue weighted by atomic mass is 32.1. The Kier molecular flexibility index (Phi) is 6.42. The van der Waals surface area contributed by atoms with Crippen LogP contribution in [0.1, 0.15) is 41.0 Å². The second kappa shape index (κ2) is 9.40. The first-order valence-corrected chi connectivity index (χ1v) is 11.1. The van der Waals surface area contributed by atoms with E-state index in [2.05, 4.69) is 42.3 Å². The number of aryl methyl sites for hydroxylation is 2. The van der Waals surface area contributed by atoms with E-state index in [-0.39, 0.29) is 11.6 Å². The van der Waals surface area contributed by atoms with Crippen LogP contribution in [0.25, 0.3) is 10.9 Å². The van der Waals surface area contributed by atoms with Crippen LogP contribution in [0.2, 0.25) is 0 Å². The topological polar surface area (TPSA) is 61.3 Å². The molecule has 0 radical (unpaired) electrons. The van der Waals surface area contributed by atoms with Crippen molar-refractivity contribution in [2.24, 2.45) is 0 Å². The lowest BCUT2D eigenvalue weighted by atomic mass is 10.0. The second-order valence-corrected chi connectivity index (χ2v) is 8.55. The Bertz CT molecular complexity index is 1280. The van der Waals surface area contributed by atoms with Gasteiger partial charge in [0.25, 0.3) is 5.56 Å². The summed E-state index contributed by atoms with van der Waals surface area (Å²) >= 11 is 5.76. The molecule has 1 unspecified atom stereocenters. The molecule has 0 aliphatic rings. The Balaban J connectivity index is 1.62. The Morgan fingerprint density at radius 1 is 1.06 bits per heavy atom. The minimum absolute atomic E-state index is 0.0308. The highest BCUT2D eigenvalue weighted by Gasteiger charge is 2.17. The summed E-state index contributed by atoms with van der Waals surface area (Å²) in [5, 5.41) is 4.98. The van der Waals surface area contributed by atoms with E-state index in [9.17, 15) is 4.79 Å². The fourth-order valence-corrected chi connectivity index (χ4v) is 4.04. The fourth-order valence-electron chi connectivity index (χ4n) is 3.74. The van der Waals surface area contributed by atoms with E-state index in [0.29, 0.717) is 23.8 Å². The van der Waals surface area contributed by atoms with Crippen molar-refractivity contribution in [1.82, 2.24) is 15.2 Å². The standard InChI is InChI=1S/C26H27N3O2S/c1-17-12-21-14-22(25(30)28-24(21)13-18(17)2)15-29(16-23-10-7-11-31-23)26(32)27-19(3)20-8-5-4-6-9-20/h4-14,19H,15-16H2,1-3H3,(H,27,32)(H,28,30). The van der Waals surface area contributed by atoms with Gasteiger partial charge in [-0.05, 0) is 85.4 Å². The molecule has 0 aliphatic carbocycles. The summed E-state index contributed by atoms with van der Waals surface area (Å²) in [7, 11) is 0. The minimum atomic E-state index is -0.107. The first-order chi connectivity index (χ1) is 15.4. The minimum Gasteiger partial charge on any atom is -0.467 e. The van der Waals surface area contributed by atoms with Crippen LogP contribution in [0, 0.1) is 13.8 Å². The molecule has 0 amide bonds. The normalized spacial score (nSPS) is 12.0. The number of hydrogen-bond acceptors (Lipinski definition) is 3. The zero-order chi connectivity index (χ0) is 22.7. The maximum Gasteiger partial charge on any atom is 0.253 e. The molecule has 2 aromatic carbocycles. The van der Waals surface area contributed by atoms with Crippen LogP contribution in [0.3, 0.4) is 0 Å². The maximum absolute atomic E-state index is 12.9. The third-order valence-corrected chi connectivity index (χ3v) is 6.13. The van der Waals surface area contributed by atoms with Gasteiger partial charge in [-0.15, -0.1) is 0 Å². The highest BCUT2D eigenvalue weighted by Crippen LogP contribution is 2.19. The lowest BCUT2D eigenvalue weighted by Crippen LogP contribution is -2.41. The monoisotopic (exact) mass is 445 g/mol. The third-order valence-electron chi connectivity index (χ3n) is 5.75. The van der Waals surface area contributed by atoms with E-state index in [1.807, 2.05) is 54.3 Å². The van der Waals surface area contributed by atoms with Gasteiger partial charge in [0.1, 0.15) is 5.76 Å². The summed E-state index contributed by atoms with van der Waals surface area (Å²) in [6.45, 7) is 7.02. The van der Waals surface area contributed by atoms with E-state index < -0.39 is 0 Å². The quantitative estimate of drug-likeness (QED) is 0.391. The van der Waals surface area contributed by atoms with Gasteiger partial charge in [0.2, 0.25) is 0 Å². The molecule has 2 aromatic heterocycles. The van der Waals surface area contributed by atoms with Gasteiger partial charge < -0.3 is 19.6 Å². The molecule has 2 heterocycles. The molecule has 164 valence electrons. The average molecular weight is 446 g/mol. The summed E-state index contributed by atoms with van der Waals surface area (Å²) in [6, 6.07) is 20.0. The van der Waals surface area contributed by atoms with Gasteiger partial charge in [-0.2, -0.15) is 0 Å². The summed E-state index contributed by atoms with van der Waals surface area (Å²) in [6.07, 6.45) is 1.64. The molecule has 5 nitrogen and oxygen atoms in total. The molecule has 32 heavy (non-hydrogen) atoms. The van der Waals surface area contributed by atoms with Gasteiger partial charge in [-0.1, -0.05) is 30.3 Å². The molecular weight excluding hydrogens is 418 g/mol. The van der Waals surface area contributed by atoms with Crippen molar-refractivity contribution in [2.75, 3.05) is 0 Å². The van der Waals surface area contributed by atoms with Crippen LogP contribution < -0.4 is 10.9 Å². The summed E-state index contributed by atoms with van der Waals surface area (Å²) < 4.78 is 5.56. The molecule has 0 spiro atoms. The number of aromatic amines is 1. The third kappa shape index (κ3) is 4.92. The number of nitrogens with one attached hydrogen (secondary N) is 2. The van der Waals surface area contributed by atoms with E-state index in [1.54, 1.807) is 6.26 Å². The number of thiocarbonyl (C=S) groups is 1. The molecule has 0 fully saturated rings. The van der Waals surface area contributed by atoms with Crippen molar-refractivity contribution in [3.63, 3.8) is 0 Å². The van der Waals surface area contributed by atoms with Crippen molar-refractivity contribution in [3.05, 3.63) is 105 Å². The van der Waals surface area contributed by atoms with Crippen LogP contribution in [0.4, 0.5) is 0 Å². The van der Waals surface area contributed by atoms with Crippen molar-refractivity contribution >= 4 is 28.2 Å². The number of hydrogen-bond donors (Lipinski definition) is 2. The molecule has 6 heteroatoms. The molecular formula is C26H27N3O2S. The summed E-state index contributed by atoms with van der Waals surface area (Å²) in [5.41, 5.74) is 4.88. The van der Waals surface area contributed by atoms with E-state index >= 15 is 0 Å². The van der Waals surface area contributed by atoms with Crippen LogP contribution in [-0.2, 0) is 13.1 Å². The van der Waals surface area contributed by atoms with Gasteiger partial charge in [-0.3, -0.25) is 4.79 Å². The lowest BCUT2D eigenvalue weighted by Gasteiger charge is -2.27. The molecule has 1 atom stereocenters. The fraction of sp³-hybridized carbons (Fsp3) is 0.231. The maximum atomic E-state index is 12.9. The average Bonchev–Trinajstić information content (AvgIpc) is 3.29. The predicted octanol–water partition coefficient (Wildman–Crippen LogP) is 5.38. The number of furan rings is 1. The van der Waals surface area contributed by atoms with E-state index in [1.165, 1.54) is 5.56 Å². The van der Waals surface area contributed by atoms with Crippen LogP contribution >= 0.6 is 12.2 Å². The molecule has 0 aliphatic heterocycles. The first-order valence-electron chi connectivity index (χ1n) is 10.7. The van der Waals surface area contributed by atoms with Gasteiger partial charge >= 0.3 is 0 Å². The number of H-pyrrole nitrogens is 1. The number of aromatic nitrogens is 1. The molecule has 0 saturated carbocycles. The molecule has 0 bridgehead atoms. The largest absolute Gasteiger partial charge is 0.467 e. The predicted molar refractivity (Wildman–Crippen MR) is 133 cm³/mol. The number of benzene rings is 2.